The van der Waals surface area contributed by atoms with Crippen LogP contribution in [0.5, 0.6) is 0 Å². The van der Waals surface area contributed by atoms with Crippen LogP contribution in [0.25, 0.3) is 0 Å². The maximum Gasteiger partial charge on any atom is 0.275 e. The van der Waals surface area contributed by atoms with Crippen molar-refractivity contribution in [2.75, 3.05) is 0 Å². The first-order valence-electron chi connectivity index (χ1n) is 3.12. The van der Waals surface area contributed by atoms with E-state index in [1.807, 2.05) is 11.6 Å². The lowest BCUT2D eigenvalue weighted by Gasteiger charge is -2.01. The largest absolute Gasteiger partial charge is 0.339 e. The van der Waals surface area contributed by atoms with Gasteiger partial charge in [0.1, 0.15) is 5.82 Å². The fraction of sp³-hybridized carbons (Fsp3) is 0.429. The van der Waals surface area contributed by atoms with Gasteiger partial charge in [-0.3, -0.25) is 4.79 Å². The highest BCUT2D eigenvalue weighted by molar-refractivity contribution is 5.03. The summed E-state index contributed by atoms with van der Waals surface area (Å²) in [6, 6.07) is 0. The Balaban J connectivity index is 3.43. The Morgan fingerprint density at radius 3 is 2.60 bits per heavy atom. The molecule has 1 aromatic heterocycles. The predicted molar refractivity (Wildman–Crippen MR) is 39.0 cm³/mol. The Morgan fingerprint density at radius 1 is 1.50 bits per heavy atom. The van der Waals surface area contributed by atoms with Crippen LogP contribution in [0.1, 0.15) is 11.4 Å². The highest BCUT2D eigenvalue weighted by Gasteiger charge is 1.95. The summed E-state index contributed by atoms with van der Waals surface area (Å²) in [5.74, 6) is 0.746. The fourth-order valence-corrected chi connectivity index (χ4v) is 0.753. The molecule has 0 radical (unpaired) electrons. The lowest BCUT2D eigenvalue weighted by Crippen LogP contribution is -2.15. The molecular weight excluding hydrogens is 128 g/mol. The summed E-state index contributed by atoms with van der Waals surface area (Å²) in [6.45, 7) is 3.57. The van der Waals surface area contributed by atoms with Gasteiger partial charge in [0.05, 0.1) is 0 Å². The first-order valence-corrected chi connectivity index (χ1v) is 3.12. The van der Waals surface area contributed by atoms with Crippen LogP contribution < -0.4 is 5.56 Å². The van der Waals surface area contributed by atoms with Gasteiger partial charge in [0.2, 0.25) is 0 Å². The lowest BCUT2D eigenvalue weighted by atomic mass is 10.4. The molecule has 1 heterocycles. The third-order valence-corrected chi connectivity index (χ3v) is 1.50. The normalized spacial score (nSPS) is 9.90. The van der Waals surface area contributed by atoms with E-state index < -0.39 is 0 Å². The second kappa shape index (κ2) is 2.25. The van der Waals surface area contributed by atoms with Crippen LogP contribution in [0, 0.1) is 13.8 Å². The van der Waals surface area contributed by atoms with Crippen LogP contribution in [0.15, 0.2) is 11.0 Å². The lowest BCUT2D eigenvalue weighted by molar-refractivity contribution is 0.787. The van der Waals surface area contributed by atoms with Crippen molar-refractivity contribution in [1.82, 2.24) is 9.55 Å². The molecule has 3 heteroatoms. The summed E-state index contributed by atoms with van der Waals surface area (Å²) in [6.07, 6.45) is 1.78. The SMILES string of the molecule is Cc1cn(C)c(C)nc1=O. The van der Waals surface area contributed by atoms with E-state index in [1.165, 1.54) is 0 Å². The zero-order valence-electron chi connectivity index (χ0n) is 6.38. The Kier molecular flexibility index (Phi) is 1.57. The minimum atomic E-state index is -0.129. The van der Waals surface area contributed by atoms with Crippen molar-refractivity contribution in [2.45, 2.75) is 13.8 Å². The first-order chi connectivity index (χ1) is 4.61. The van der Waals surface area contributed by atoms with Crippen LogP contribution >= 0.6 is 0 Å². The molecule has 0 atom stereocenters. The van der Waals surface area contributed by atoms with E-state index in [2.05, 4.69) is 4.98 Å². The molecule has 54 valence electrons. The monoisotopic (exact) mass is 138 g/mol. The molecule has 0 spiro atoms. The fourth-order valence-electron chi connectivity index (χ4n) is 0.753. The van der Waals surface area contributed by atoms with Crippen molar-refractivity contribution in [3.63, 3.8) is 0 Å². The van der Waals surface area contributed by atoms with Gasteiger partial charge in [0.15, 0.2) is 0 Å². The summed E-state index contributed by atoms with van der Waals surface area (Å²) in [5, 5.41) is 0. The summed E-state index contributed by atoms with van der Waals surface area (Å²) in [5.41, 5.74) is 0.559. The Bertz CT molecular complexity index is 301. The van der Waals surface area contributed by atoms with Gasteiger partial charge in [-0.2, -0.15) is 4.98 Å². The standard InChI is InChI=1S/C7H10N2O/c1-5-4-9(3)6(2)8-7(5)10/h4H,1-3H3. The maximum absolute atomic E-state index is 10.9. The van der Waals surface area contributed by atoms with E-state index in [0.29, 0.717) is 5.56 Å². The smallest absolute Gasteiger partial charge is 0.275 e. The van der Waals surface area contributed by atoms with Crippen LogP contribution in [0.3, 0.4) is 0 Å². The van der Waals surface area contributed by atoms with Crippen LogP contribution in [0.4, 0.5) is 0 Å². The summed E-state index contributed by atoms with van der Waals surface area (Å²) >= 11 is 0. The molecule has 0 saturated heterocycles. The van der Waals surface area contributed by atoms with E-state index in [1.54, 1.807) is 20.0 Å². The van der Waals surface area contributed by atoms with Crippen LogP contribution in [0.2, 0.25) is 0 Å². The average molecular weight is 138 g/mol. The molecular formula is C7H10N2O. The highest BCUT2D eigenvalue weighted by Crippen LogP contribution is 1.89. The minimum Gasteiger partial charge on any atom is -0.339 e. The van der Waals surface area contributed by atoms with Gasteiger partial charge in [-0.25, -0.2) is 0 Å². The average Bonchev–Trinajstić information content (AvgIpc) is 1.84. The van der Waals surface area contributed by atoms with Gasteiger partial charge >= 0.3 is 0 Å². The minimum absolute atomic E-state index is 0.129. The second-order valence-corrected chi connectivity index (χ2v) is 2.39. The molecule has 0 saturated carbocycles. The summed E-state index contributed by atoms with van der Waals surface area (Å²) in [4.78, 5) is 14.6. The number of aromatic nitrogens is 2. The van der Waals surface area contributed by atoms with Gasteiger partial charge in [0, 0.05) is 18.8 Å². The van der Waals surface area contributed by atoms with Crippen LogP contribution in [-0.4, -0.2) is 9.55 Å². The quantitative estimate of drug-likeness (QED) is 0.520. The first kappa shape index (κ1) is 6.99. The Morgan fingerprint density at radius 2 is 2.10 bits per heavy atom. The van der Waals surface area contributed by atoms with Crippen molar-refractivity contribution >= 4 is 0 Å². The molecule has 3 nitrogen and oxygen atoms in total. The van der Waals surface area contributed by atoms with Gasteiger partial charge in [0.25, 0.3) is 5.56 Å². The third-order valence-electron chi connectivity index (χ3n) is 1.50. The molecule has 0 bridgehead atoms. The number of hydrogen-bond acceptors (Lipinski definition) is 2. The zero-order chi connectivity index (χ0) is 7.72. The topological polar surface area (TPSA) is 34.9 Å². The van der Waals surface area contributed by atoms with Crippen LogP contribution in [-0.2, 0) is 7.05 Å². The molecule has 0 aliphatic carbocycles. The van der Waals surface area contributed by atoms with E-state index in [-0.39, 0.29) is 5.56 Å². The van der Waals surface area contributed by atoms with E-state index in [0.717, 1.165) is 5.82 Å². The molecule has 10 heavy (non-hydrogen) atoms. The number of aryl methyl sites for hydroxylation is 3. The molecule has 0 unspecified atom stereocenters. The number of rotatable bonds is 0. The van der Waals surface area contributed by atoms with Crippen molar-refractivity contribution in [3.05, 3.63) is 27.9 Å². The molecule has 1 aromatic rings. The summed E-state index contributed by atoms with van der Waals surface area (Å²) < 4.78 is 1.83. The van der Waals surface area contributed by atoms with E-state index in [4.69, 9.17) is 0 Å². The third kappa shape index (κ3) is 1.07. The molecule has 1 rings (SSSR count). The summed E-state index contributed by atoms with van der Waals surface area (Å²) in [7, 11) is 1.87. The highest BCUT2D eigenvalue weighted by atomic mass is 16.1. The van der Waals surface area contributed by atoms with Crippen molar-refractivity contribution in [1.29, 1.82) is 0 Å². The van der Waals surface area contributed by atoms with Gasteiger partial charge in [-0.05, 0) is 13.8 Å². The molecule has 0 aliphatic heterocycles. The Labute approximate surface area is 59.3 Å². The molecule has 0 fully saturated rings. The second-order valence-electron chi connectivity index (χ2n) is 2.39. The predicted octanol–water partition coefficient (Wildman–Crippen LogP) is 0.397. The van der Waals surface area contributed by atoms with E-state index in [9.17, 15) is 4.79 Å². The van der Waals surface area contributed by atoms with Crippen molar-refractivity contribution in [3.8, 4) is 0 Å². The van der Waals surface area contributed by atoms with Crippen molar-refractivity contribution < 1.29 is 0 Å². The zero-order valence-corrected chi connectivity index (χ0v) is 6.38. The van der Waals surface area contributed by atoms with Gasteiger partial charge in [-0.1, -0.05) is 0 Å². The Hall–Kier alpha value is -1.12. The molecule has 0 amide bonds. The van der Waals surface area contributed by atoms with Crippen molar-refractivity contribution in [2.24, 2.45) is 7.05 Å². The number of nitrogens with zero attached hydrogens (tertiary/aromatic N) is 2. The molecule has 0 aromatic carbocycles. The van der Waals surface area contributed by atoms with Gasteiger partial charge in [-0.15, -0.1) is 0 Å². The molecule has 0 aliphatic rings. The number of hydrogen-bond donors (Lipinski definition) is 0. The molecule has 0 N–H and O–H groups in total. The van der Waals surface area contributed by atoms with Gasteiger partial charge < -0.3 is 4.57 Å². The van der Waals surface area contributed by atoms with E-state index >= 15 is 0 Å². The maximum atomic E-state index is 10.9.